The van der Waals surface area contributed by atoms with Gasteiger partial charge < -0.3 is 15.5 Å². The molecule has 0 unspecified atom stereocenters. The molecule has 0 atom stereocenters. The molecule has 128 valence electrons. The van der Waals surface area contributed by atoms with E-state index in [1.165, 1.54) is 32.2 Å². The third kappa shape index (κ3) is 3.50. The lowest BCUT2D eigenvalue weighted by molar-refractivity contribution is 0.259. The topological polar surface area (TPSA) is 128 Å². The fraction of sp³-hybridized carbons (Fsp3) is 0.176. The Bertz CT molecular complexity index is 984. The second kappa shape index (κ2) is 6.88. The van der Waals surface area contributed by atoms with E-state index in [0.717, 1.165) is 10.8 Å². The molecule has 3 N–H and O–H groups in total. The third-order valence-electron chi connectivity index (χ3n) is 3.73. The van der Waals surface area contributed by atoms with E-state index < -0.39 is 11.6 Å². The lowest BCUT2D eigenvalue weighted by atomic mass is 10.1. The van der Waals surface area contributed by atoms with Gasteiger partial charge >= 0.3 is 6.03 Å². The van der Waals surface area contributed by atoms with Crippen LogP contribution in [0.4, 0.5) is 10.5 Å². The highest BCUT2D eigenvalue weighted by atomic mass is 16.3. The van der Waals surface area contributed by atoms with Gasteiger partial charge in [0.15, 0.2) is 0 Å². The van der Waals surface area contributed by atoms with Crippen molar-refractivity contribution in [3.05, 3.63) is 50.8 Å². The summed E-state index contributed by atoms with van der Waals surface area (Å²) in [6.07, 6.45) is 1.09. The molecule has 0 fully saturated rings. The molecule has 0 saturated heterocycles. The molecule has 1 heterocycles. The number of amides is 2. The summed E-state index contributed by atoms with van der Waals surface area (Å²) < 4.78 is 0.912. The Labute approximate surface area is 143 Å². The smallest absolute Gasteiger partial charge is 0.345 e. The standard InChI is InChI=1S/C17H16N4O4/c1-9-6-11(22)4-5-14(9)20-17(25)19-8-13-10(2)12(7-18)15(23)21(3)16(13)24/h4-6,8,22,24H,1-3H3,(H,20,25)/b19-8+. The average Bonchev–Trinajstić information content (AvgIpc) is 2.56. The molecule has 2 rings (SSSR count). The number of rotatable bonds is 2. The number of pyridine rings is 1. The lowest BCUT2D eigenvalue weighted by Gasteiger charge is -2.10. The molecule has 0 aliphatic rings. The van der Waals surface area contributed by atoms with Crippen LogP contribution in [0.3, 0.4) is 0 Å². The van der Waals surface area contributed by atoms with Gasteiger partial charge in [0, 0.05) is 18.9 Å². The van der Waals surface area contributed by atoms with Crippen LogP contribution in [0.1, 0.15) is 22.3 Å². The predicted octanol–water partition coefficient (Wildman–Crippen LogP) is 1.94. The van der Waals surface area contributed by atoms with Gasteiger partial charge in [-0.2, -0.15) is 5.26 Å². The maximum Gasteiger partial charge on any atom is 0.345 e. The first-order chi connectivity index (χ1) is 11.8. The number of aromatic nitrogens is 1. The summed E-state index contributed by atoms with van der Waals surface area (Å²) in [6, 6.07) is 5.51. The molecule has 0 radical (unpaired) electrons. The molecule has 2 amide bonds. The minimum Gasteiger partial charge on any atom is -0.508 e. The first-order valence-corrected chi connectivity index (χ1v) is 7.23. The van der Waals surface area contributed by atoms with Crippen molar-refractivity contribution in [2.75, 3.05) is 5.32 Å². The van der Waals surface area contributed by atoms with Crippen molar-refractivity contribution >= 4 is 17.9 Å². The first-order valence-electron chi connectivity index (χ1n) is 7.23. The van der Waals surface area contributed by atoms with E-state index in [-0.39, 0.29) is 28.3 Å². The molecule has 0 aliphatic heterocycles. The summed E-state index contributed by atoms with van der Waals surface area (Å²) in [4.78, 5) is 27.5. The highest BCUT2D eigenvalue weighted by Gasteiger charge is 2.16. The molecule has 0 saturated carbocycles. The zero-order chi connectivity index (χ0) is 18.7. The molecule has 0 spiro atoms. The van der Waals surface area contributed by atoms with Crippen molar-refractivity contribution in [2.45, 2.75) is 13.8 Å². The molecule has 8 heteroatoms. The van der Waals surface area contributed by atoms with Gasteiger partial charge in [0.2, 0.25) is 5.88 Å². The van der Waals surface area contributed by atoms with Crippen LogP contribution < -0.4 is 10.9 Å². The van der Waals surface area contributed by atoms with Crippen molar-refractivity contribution in [1.82, 2.24) is 4.57 Å². The molecular weight excluding hydrogens is 324 g/mol. The molecular formula is C17H16N4O4. The molecule has 8 nitrogen and oxygen atoms in total. The summed E-state index contributed by atoms with van der Waals surface area (Å²) in [5, 5.41) is 31.0. The molecule has 1 aromatic heterocycles. The van der Waals surface area contributed by atoms with E-state index in [9.17, 15) is 19.8 Å². The zero-order valence-corrected chi connectivity index (χ0v) is 13.9. The largest absolute Gasteiger partial charge is 0.508 e. The number of phenols is 1. The van der Waals surface area contributed by atoms with Gasteiger partial charge in [-0.05, 0) is 43.2 Å². The maximum absolute atomic E-state index is 12.0. The highest BCUT2D eigenvalue weighted by molar-refractivity contribution is 5.99. The van der Waals surface area contributed by atoms with E-state index in [4.69, 9.17) is 5.26 Å². The van der Waals surface area contributed by atoms with Crippen LogP contribution in [0.25, 0.3) is 0 Å². The zero-order valence-electron chi connectivity index (χ0n) is 13.9. The fourth-order valence-corrected chi connectivity index (χ4v) is 2.25. The minimum atomic E-state index is -0.708. The van der Waals surface area contributed by atoms with Crippen molar-refractivity contribution in [3.8, 4) is 17.7 Å². The van der Waals surface area contributed by atoms with Crippen LogP contribution in [0.15, 0.2) is 28.0 Å². The number of aliphatic imine (C=N–C) groups is 1. The maximum atomic E-state index is 12.0. The second-order valence-electron chi connectivity index (χ2n) is 5.40. The van der Waals surface area contributed by atoms with Crippen LogP contribution in [0.2, 0.25) is 0 Å². The van der Waals surface area contributed by atoms with Crippen molar-refractivity contribution in [2.24, 2.45) is 12.0 Å². The SMILES string of the molecule is Cc1cc(O)ccc1NC(=O)/N=C/c1c(C)c(C#N)c(=O)n(C)c1O. The molecule has 0 bridgehead atoms. The van der Waals surface area contributed by atoms with E-state index >= 15 is 0 Å². The normalized spacial score (nSPS) is 10.6. The number of nitrogens with zero attached hydrogens (tertiary/aromatic N) is 3. The number of benzene rings is 1. The summed E-state index contributed by atoms with van der Waals surface area (Å²) in [5.41, 5.74) is 0.711. The summed E-state index contributed by atoms with van der Waals surface area (Å²) in [6.45, 7) is 3.20. The van der Waals surface area contributed by atoms with E-state index in [0.29, 0.717) is 11.3 Å². The third-order valence-corrected chi connectivity index (χ3v) is 3.73. The van der Waals surface area contributed by atoms with E-state index in [2.05, 4.69) is 10.3 Å². The number of urea groups is 1. The van der Waals surface area contributed by atoms with Crippen molar-refractivity contribution in [1.29, 1.82) is 5.26 Å². The Morgan fingerprint density at radius 3 is 2.64 bits per heavy atom. The van der Waals surface area contributed by atoms with Gasteiger partial charge in [0.25, 0.3) is 5.56 Å². The molecule has 1 aromatic carbocycles. The van der Waals surface area contributed by atoms with Gasteiger partial charge in [0.1, 0.15) is 17.4 Å². The van der Waals surface area contributed by atoms with E-state index in [1.54, 1.807) is 13.0 Å². The quantitative estimate of drug-likeness (QED) is 0.568. The van der Waals surface area contributed by atoms with Gasteiger partial charge in [-0.15, -0.1) is 0 Å². The highest BCUT2D eigenvalue weighted by Crippen LogP contribution is 2.21. The van der Waals surface area contributed by atoms with Crippen LogP contribution >= 0.6 is 0 Å². The van der Waals surface area contributed by atoms with Gasteiger partial charge in [-0.1, -0.05) is 0 Å². The Morgan fingerprint density at radius 2 is 2.04 bits per heavy atom. The lowest BCUT2D eigenvalue weighted by Crippen LogP contribution is -2.22. The van der Waals surface area contributed by atoms with Crippen LogP contribution in [-0.2, 0) is 7.05 Å². The minimum absolute atomic E-state index is 0.0776. The number of hydrogen-bond acceptors (Lipinski definition) is 5. The summed E-state index contributed by atoms with van der Waals surface area (Å²) >= 11 is 0. The number of anilines is 1. The van der Waals surface area contributed by atoms with Crippen LogP contribution in [0.5, 0.6) is 11.6 Å². The predicted molar refractivity (Wildman–Crippen MR) is 92.3 cm³/mol. The second-order valence-corrected chi connectivity index (χ2v) is 5.40. The van der Waals surface area contributed by atoms with Gasteiger partial charge in [-0.25, -0.2) is 9.79 Å². The molecule has 25 heavy (non-hydrogen) atoms. The number of nitrogens with one attached hydrogen (secondary N) is 1. The average molecular weight is 340 g/mol. The Kier molecular flexibility index (Phi) is 4.89. The van der Waals surface area contributed by atoms with Gasteiger partial charge in [-0.3, -0.25) is 9.36 Å². The van der Waals surface area contributed by atoms with Crippen molar-refractivity contribution < 1.29 is 15.0 Å². The number of aryl methyl sites for hydroxylation is 1. The number of hydrogen-bond donors (Lipinski definition) is 3. The summed E-state index contributed by atoms with van der Waals surface area (Å²) in [5.74, 6) is -0.312. The first kappa shape index (κ1) is 17.7. The Morgan fingerprint density at radius 1 is 1.36 bits per heavy atom. The number of phenolic OH excluding ortho intramolecular Hbond substituents is 1. The van der Waals surface area contributed by atoms with Crippen LogP contribution in [-0.4, -0.2) is 27.0 Å². The number of aromatic hydroxyl groups is 2. The number of carbonyl (C=O) groups is 1. The molecule has 0 aliphatic carbocycles. The Balaban J connectivity index is 2.33. The van der Waals surface area contributed by atoms with Gasteiger partial charge in [0.05, 0.1) is 5.56 Å². The number of nitriles is 1. The fourth-order valence-electron chi connectivity index (χ4n) is 2.25. The monoisotopic (exact) mass is 340 g/mol. The molecule has 2 aromatic rings. The van der Waals surface area contributed by atoms with Crippen molar-refractivity contribution in [3.63, 3.8) is 0 Å². The van der Waals surface area contributed by atoms with E-state index in [1.807, 2.05) is 0 Å². The Hall–Kier alpha value is -3.60. The number of carbonyl (C=O) groups excluding carboxylic acids is 1. The van der Waals surface area contributed by atoms with Crippen LogP contribution in [0, 0.1) is 25.2 Å². The summed E-state index contributed by atoms with van der Waals surface area (Å²) in [7, 11) is 1.31.